The van der Waals surface area contributed by atoms with Crippen LogP contribution in [-0.2, 0) is 4.84 Å². The second-order valence-corrected chi connectivity index (χ2v) is 2.85. The molecule has 0 atom stereocenters. The summed E-state index contributed by atoms with van der Waals surface area (Å²) < 4.78 is 0. The van der Waals surface area contributed by atoms with E-state index in [0.29, 0.717) is 0 Å². The third-order valence-electron chi connectivity index (χ3n) is 1.99. The summed E-state index contributed by atoms with van der Waals surface area (Å²) in [7, 11) is 3.64. The molecule has 0 rings (SSSR count). The van der Waals surface area contributed by atoms with Crippen molar-refractivity contribution in [2.45, 2.75) is 32.7 Å². The van der Waals surface area contributed by atoms with E-state index < -0.39 is 0 Å². The van der Waals surface area contributed by atoms with Crippen LogP contribution in [0.5, 0.6) is 0 Å². The molecule has 0 saturated carbocycles. The van der Waals surface area contributed by atoms with Crippen LogP contribution < -0.4 is 0 Å². The highest BCUT2D eigenvalue weighted by atomic mass is 16.7. The lowest BCUT2D eigenvalue weighted by Gasteiger charge is -2.32. The van der Waals surface area contributed by atoms with Crippen LogP contribution in [0.2, 0.25) is 0 Å². The summed E-state index contributed by atoms with van der Waals surface area (Å²) in [6, 6.07) is 0. The quantitative estimate of drug-likeness (QED) is 0.540. The molecule has 0 unspecified atom stereocenters. The van der Waals surface area contributed by atoms with E-state index in [4.69, 9.17) is 4.84 Å². The molecule has 2 heteroatoms. The fraction of sp³-hybridized carbons (Fsp3) is 1.00. The molecule has 0 amide bonds. The number of hydroxylamine groups is 2. The summed E-state index contributed by atoms with van der Waals surface area (Å²) in [5.74, 6) is 0. The number of hydrogen-bond acceptors (Lipinski definition) is 2. The van der Waals surface area contributed by atoms with Crippen LogP contribution in [0.15, 0.2) is 0 Å². The van der Waals surface area contributed by atoms with Crippen molar-refractivity contribution in [2.24, 2.45) is 0 Å². The average Bonchev–Trinajstić information content (AvgIpc) is 1.86. The SMILES string of the molecule is CCC(C)(C)N(C)OC. The zero-order valence-electron chi connectivity index (χ0n) is 7.06. The predicted octanol–water partition coefficient (Wildman–Crippen LogP) is 1.67. The molecule has 0 aromatic rings. The molecule has 2 nitrogen and oxygen atoms in total. The maximum atomic E-state index is 5.04. The first-order valence-corrected chi connectivity index (χ1v) is 3.32. The first-order valence-electron chi connectivity index (χ1n) is 3.32. The van der Waals surface area contributed by atoms with Gasteiger partial charge in [0.05, 0.1) is 7.11 Å². The van der Waals surface area contributed by atoms with Crippen LogP contribution in [0, 0.1) is 0 Å². The Kier molecular flexibility index (Phi) is 3.15. The average molecular weight is 131 g/mol. The molecule has 0 aromatic carbocycles. The third-order valence-corrected chi connectivity index (χ3v) is 1.99. The first kappa shape index (κ1) is 8.92. The minimum absolute atomic E-state index is 0.161. The molecular formula is C7H17NO. The van der Waals surface area contributed by atoms with Gasteiger partial charge in [0.1, 0.15) is 0 Å². The summed E-state index contributed by atoms with van der Waals surface area (Å²) in [5, 5.41) is 1.87. The van der Waals surface area contributed by atoms with Gasteiger partial charge in [-0.3, -0.25) is 0 Å². The second kappa shape index (κ2) is 3.18. The van der Waals surface area contributed by atoms with Crippen molar-refractivity contribution < 1.29 is 4.84 Å². The van der Waals surface area contributed by atoms with Gasteiger partial charge in [0.15, 0.2) is 0 Å². The molecule has 0 bridgehead atoms. The van der Waals surface area contributed by atoms with Gasteiger partial charge >= 0.3 is 0 Å². The van der Waals surface area contributed by atoms with Gasteiger partial charge in [0.25, 0.3) is 0 Å². The number of rotatable bonds is 3. The van der Waals surface area contributed by atoms with Gasteiger partial charge in [0.2, 0.25) is 0 Å². The zero-order valence-corrected chi connectivity index (χ0v) is 7.06. The molecule has 0 radical (unpaired) electrons. The lowest BCUT2D eigenvalue weighted by atomic mass is 10.0. The van der Waals surface area contributed by atoms with Gasteiger partial charge in [-0.1, -0.05) is 6.92 Å². The van der Waals surface area contributed by atoms with Crippen LogP contribution in [0.25, 0.3) is 0 Å². The molecule has 0 aliphatic heterocycles. The van der Waals surface area contributed by atoms with Crippen LogP contribution in [0.3, 0.4) is 0 Å². The van der Waals surface area contributed by atoms with Gasteiger partial charge < -0.3 is 4.84 Å². The lowest BCUT2D eigenvalue weighted by Crippen LogP contribution is -2.39. The highest BCUT2D eigenvalue weighted by molar-refractivity contribution is 4.71. The topological polar surface area (TPSA) is 12.5 Å². The fourth-order valence-electron chi connectivity index (χ4n) is 0.470. The van der Waals surface area contributed by atoms with Crippen molar-refractivity contribution in [3.63, 3.8) is 0 Å². The molecule has 0 heterocycles. The zero-order chi connectivity index (χ0) is 7.49. The first-order chi connectivity index (χ1) is 4.04. The molecular weight excluding hydrogens is 114 g/mol. The maximum absolute atomic E-state index is 5.04. The Morgan fingerprint density at radius 1 is 1.44 bits per heavy atom. The smallest absolute Gasteiger partial charge is 0.0575 e. The van der Waals surface area contributed by atoms with Crippen molar-refractivity contribution in [1.29, 1.82) is 0 Å². The third kappa shape index (κ3) is 2.33. The van der Waals surface area contributed by atoms with E-state index in [2.05, 4.69) is 20.8 Å². The van der Waals surface area contributed by atoms with Crippen molar-refractivity contribution in [3.05, 3.63) is 0 Å². The van der Waals surface area contributed by atoms with E-state index in [0.717, 1.165) is 6.42 Å². The van der Waals surface area contributed by atoms with Crippen molar-refractivity contribution in [2.75, 3.05) is 14.2 Å². The monoisotopic (exact) mass is 131 g/mol. The van der Waals surface area contributed by atoms with Gasteiger partial charge in [-0.2, -0.15) is 5.06 Å². The Bertz CT molecular complexity index is 81.0. The van der Waals surface area contributed by atoms with Crippen molar-refractivity contribution in [1.82, 2.24) is 5.06 Å². The highest BCUT2D eigenvalue weighted by Gasteiger charge is 2.20. The Balaban J connectivity index is 3.80. The summed E-state index contributed by atoms with van der Waals surface area (Å²) >= 11 is 0. The predicted molar refractivity (Wildman–Crippen MR) is 39.1 cm³/mol. The molecule has 0 fully saturated rings. The summed E-state index contributed by atoms with van der Waals surface area (Å²) in [4.78, 5) is 5.04. The Hall–Kier alpha value is -0.0800. The molecule has 0 aliphatic carbocycles. The number of nitrogens with zero attached hydrogens (tertiary/aromatic N) is 1. The molecule has 0 saturated heterocycles. The molecule has 56 valence electrons. The van der Waals surface area contributed by atoms with Crippen LogP contribution in [0.1, 0.15) is 27.2 Å². The summed E-state index contributed by atoms with van der Waals surface area (Å²) in [6.45, 7) is 6.45. The van der Waals surface area contributed by atoms with Crippen molar-refractivity contribution >= 4 is 0 Å². The van der Waals surface area contributed by atoms with E-state index in [1.165, 1.54) is 0 Å². The second-order valence-electron chi connectivity index (χ2n) is 2.85. The molecule has 0 spiro atoms. The highest BCUT2D eigenvalue weighted by Crippen LogP contribution is 2.15. The summed E-state index contributed by atoms with van der Waals surface area (Å²) in [5.41, 5.74) is 0.161. The van der Waals surface area contributed by atoms with E-state index >= 15 is 0 Å². The van der Waals surface area contributed by atoms with Gasteiger partial charge in [-0.15, -0.1) is 0 Å². The van der Waals surface area contributed by atoms with E-state index in [9.17, 15) is 0 Å². The lowest BCUT2D eigenvalue weighted by molar-refractivity contribution is -0.173. The van der Waals surface area contributed by atoms with Crippen LogP contribution >= 0.6 is 0 Å². The van der Waals surface area contributed by atoms with E-state index in [-0.39, 0.29) is 5.54 Å². The Labute approximate surface area is 57.8 Å². The minimum atomic E-state index is 0.161. The molecule has 0 N–H and O–H groups in total. The van der Waals surface area contributed by atoms with Crippen molar-refractivity contribution in [3.8, 4) is 0 Å². The van der Waals surface area contributed by atoms with E-state index in [1.807, 2.05) is 12.1 Å². The van der Waals surface area contributed by atoms with E-state index in [1.54, 1.807) is 7.11 Å². The standard InChI is InChI=1S/C7H17NO/c1-6-7(2,3)8(4)9-5/h6H2,1-5H3. The molecule has 9 heavy (non-hydrogen) atoms. The Morgan fingerprint density at radius 3 is 2.00 bits per heavy atom. The van der Waals surface area contributed by atoms with Crippen LogP contribution in [-0.4, -0.2) is 24.8 Å². The van der Waals surface area contributed by atoms with Gasteiger partial charge in [-0.05, 0) is 20.3 Å². The molecule has 0 aromatic heterocycles. The Morgan fingerprint density at radius 2 is 1.89 bits per heavy atom. The molecule has 0 aliphatic rings. The summed E-state index contributed by atoms with van der Waals surface area (Å²) in [6.07, 6.45) is 1.09. The maximum Gasteiger partial charge on any atom is 0.0575 e. The fourth-order valence-corrected chi connectivity index (χ4v) is 0.470. The van der Waals surface area contributed by atoms with Gasteiger partial charge in [-0.25, -0.2) is 0 Å². The minimum Gasteiger partial charge on any atom is -0.302 e. The number of hydrogen-bond donors (Lipinski definition) is 0. The van der Waals surface area contributed by atoms with Gasteiger partial charge in [0, 0.05) is 12.6 Å². The largest absolute Gasteiger partial charge is 0.302 e. The van der Waals surface area contributed by atoms with Crippen LogP contribution in [0.4, 0.5) is 0 Å². The normalized spacial score (nSPS) is 12.7.